The monoisotopic (exact) mass is 423 g/mol. The van der Waals surface area contributed by atoms with Gasteiger partial charge in [0.05, 0.1) is 30.1 Å². The number of aromatic nitrogens is 2. The molecule has 162 valence electrons. The average Bonchev–Trinajstić information content (AvgIpc) is 3.36. The predicted octanol–water partition coefficient (Wildman–Crippen LogP) is 4.02. The smallest absolute Gasteiger partial charge is 0.335 e. The Morgan fingerprint density at radius 3 is 2.68 bits per heavy atom. The third-order valence-electron chi connectivity index (χ3n) is 5.82. The van der Waals surface area contributed by atoms with E-state index in [1.54, 1.807) is 28.9 Å². The summed E-state index contributed by atoms with van der Waals surface area (Å²) in [7, 11) is 1.47. The van der Waals surface area contributed by atoms with Crippen LogP contribution in [0.5, 0.6) is 11.6 Å². The van der Waals surface area contributed by atoms with E-state index in [1.165, 1.54) is 32.1 Å². The highest BCUT2D eigenvalue weighted by Crippen LogP contribution is 2.30. The summed E-state index contributed by atoms with van der Waals surface area (Å²) in [5, 5.41) is 27.2. The average molecular weight is 423 g/mol. The minimum atomic E-state index is -1.04. The molecule has 1 aliphatic carbocycles. The van der Waals surface area contributed by atoms with Crippen molar-refractivity contribution < 1.29 is 24.5 Å². The van der Waals surface area contributed by atoms with E-state index in [2.05, 4.69) is 10.4 Å². The number of nitrogens with zero attached hydrogens (tertiary/aromatic N) is 2. The van der Waals surface area contributed by atoms with Gasteiger partial charge in [0.25, 0.3) is 0 Å². The van der Waals surface area contributed by atoms with E-state index in [-0.39, 0.29) is 23.9 Å². The van der Waals surface area contributed by atoms with Gasteiger partial charge in [0, 0.05) is 17.7 Å². The van der Waals surface area contributed by atoms with E-state index in [4.69, 9.17) is 4.74 Å². The van der Waals surface area contributed by atoms with Gasteiger partial charge >= 0.3 is 5.97 Å². The number of carboxylic acid groups (broad SMARTS) is 1. The lowest BCUT2D eigenvalue weighted by molar-refractivity contribution is -0.117. The first-order chi connectivity index (χ1) is 14.9. The van der Waals surface area contributed by atoms with Crippen molar-refractivity contribution in [2.45, 2.75) is 38.6 Å². The Morgan fingerprint density at radius 1 is 1.19 bits per heavy atom. The zero-order valence-electron chi connectivity index (χ0n) is 17.3. The number of methoxy groups -OCH3 is 1. The molecule has 8 heteroatoms. The largest absolute Gasteiger partial charge is 0.496 e. The fourth-order valence-electron chi connectivity index (χ4n) is 4.21. The van der Waals surface area contributed by atoms with Crippen LogP contribution in [0.15, 0.2) is 36.4 Å². The Morgan fingerprint density at radius 2 is 1.97 bits per heavy atom. The van der Waals surface area contributed by atoms with Crippen molar-refractivity contribution >= 4 is 28.5 Å². The molecule has 1 aliphatic rings. The van der Waals surface area contributed by atoms with Gasteiger partial charge in [0.2, 0.25) is 11.8 Å². The number of amides is 1. The highest BCUT2D eigenvalue weighted by Gasteiger charge is 2.19. The molecule has 2 aromatic carbocycles. The van der Waals surface area contributed by atoms with Crippen molar-refractivity contribution in [3.8, 4) is 11.6 Å². The number of aromatic hydroxyl groups is 1. The Balaban J connectivity index is 1.59. The maximum atomic E-state index is 12.4. The van der Waals surface area contributed by atoms with Gasteiger partial charge in [-0.3, -0.25) is 9.48 Å². The molecule has 0 saturated heterocycles. The molecule has 1 amide bonds. The molecular formula is C23H25N3O5. The van der Waals surface area contributed by atoms with Crippen molar-refractivity contribution in [3.63, 3.8) is 0 Å². The normalized spacial score (nSPS) is 14.1. The number of hydrogen-bond acceptors (Lipinski definition) is 5. The van der Waals surface area contributed by atoms with Crippen LogP contribution in [0.1, 0.15) is 48.0 Å². The lowest BCUT2D eigenvalue weighted by Gasteiger charge is -2.12. The van der Waals surface area contributed by atoms with Crippen LogP contribution in [0, 0.1) is 5.92 Å². The van der Waals surface area contributed by atoms with Crippen LogP contribution in [-0.2, 0) is 11.3 Å². The fraction of sp³-hybridized carbons (Fsp3) is 0.348. The molecule has 8 nitrogen and oxygen atoms in total. The second-order valence-electron chi connectivity index (χ2n) is 7.95. The molecule has 0 unspecified atom stereocenters. The van der Waals surface area contributed by atoms with Gasteiger partial charge in [-0.2, -0.15) is 0 Å². The number of carboxylic acids is 1. The summed E-state index contributed by atoms with van der Waals surface area (Å²) in [6, 6.07) is 9.89. The van der Waals surface area contributed by atoms with E-state index in [0.717, 1.165) is 12.8 Å². The molecule has 1 heterocycles. The molecule has 3 N–H and O–H groups in total. The highest BCUT2D eigenvalue weighted by atomic mass is 16.5. The minimum absolute atomic E-state index is 0.00698. The first-order valence-electron chi connectivity index (χ1n) is 10.3. The van der Waals surface area contributed by atoms with Crippen LogP contribution in [0.3, 0.4) is 0 Å². The Kier molecular flexibility index (Phi) is 5.79. The predicted molar refractivity (Wildman–Crippen MR) is 116 cm³/mol. The highest BCUT2D eigenvalue weighted by molar-refractivity contribution is 5.95. The Labute approximate surface area is 179 Å². The van der Waals surface area contributed by atoms with Gasteiger partial charge in [-0.1, -0.05) is 18.9 Å². The second kappa shape index (κ2) is 8.67. The van der Waals surface area contributed by atoms with Crippen molar-refractivity contribution in [1.29, 1.82) is 0 Å². The standard InChI is InChI=1S/C23H25N3O5/c1-31-20-11-15(23(29)30)6-7-16(20)13-26-19-12-17(8-9-18(19)22(28)25-26)24-21(27)10-14-4-2-3-5-14/h6-9,11-12,14H,2-5,10,13H2,1H3,(H,24,27)(H,25,28)(H,29,30). The van der Waals surface area contributed by atoms with Crippen molar-refractivity contribution in [1.82, 2.24) is 9.78 Å². The quantitative estimate of drug-likeness (QED) is 0.529. The third-order valence-corrected chi connectivity index (χ3v) is 5.82. The maximum absolute atomic E-state index is 12.4. The van der Waals surface area contributed by atoms with Crippen LogP contribution in [0.4, 0.5) is 5.69 Å². The van der Waals surface area contributed by atoms with E-state index in [0.29, 0.717) is 40.2 Å². The first kappa shape index (κ1) is 20.7. The third kappa shape index (κ3) is 4.47. The first-order valence-corrected chi connectivity index (χ1v) is 10.3. The number of fused-ring (bicyclic) bond motifs is 1. The summed E-state index contributed by atoms with van der Waals surface area (Å²) in [5.41, 5.74) is 2.14. The summed E-state index contributed by atoms with van der Waals surface area (Å²) in [5.74, 6) is -0.277. The molecular weight excluding hydrogens is 398 g/mol. The minimum Gasteiger partial charge on any atom is -0.496 e. The lowest BCUT2D eigenvalue weighted by Crippen LogP contribution is -2.15. The van der Waals surface area contributed by atoms with Crippen LogP contribution in [0.25, 0.3) is 10.9 Å². The number of rotatable bonds is 7. The van der Waals surface area contributed by atoms with Crippen LogP contribution >= 0.6 is 0 Å². The summed E-state index contributed by atoms with van der Waals surface area (Å²) < 4.78 is 6.95. The summed E-state index contributed by atoms with van der Waals surface area (Å²) >= 11 is 0. The maximum Gasteiger partial charge on any atom is 0.335 e. The molecule has 0 spiro atoms. The molecule has 0 aliphatic heterocycles. The summed E-state index contributed by atoms with van der Waals surface area (Å²) in [4.78, 5) is 23.6. The van der Waals surface area contributed by atoms with Crippen molar-refractivity contribution in [2.24, 2.45) is 5.92 Å². The van der Waals surface area contributed by atoms with Gasteiger partial charge in [-0.25, -0.2) is 4.79 Å². The molecule has 1 saturated carbocycles. The number of anilines is 1. The number of carbonyl (C=O) groups excluding carboxylic acids is 1. The number of nitrogens with one attached hydrogen (secondary N) is 1. The van der Waals surface area contributed by atoms with Crippen molar-refractivity contribution in [2.75, 3.05) is 12.4 Å². The van der Waals surface area contributed by atoms with Gasteiger partial charge in [-0.15, -0.1) is 5.10 Å². The van der Waals surface area contributed by atoms with Gasteiger partial charge in [0.1, 0.15) is 5.75 Å². The number of ether oxygens (including phenoxy) is 1. The van der Waals surface area contributed by atoms with E-state index >= 15 is 0 Å². The Bertz CT molecular complexity index is 1130. The lowest BCUT2D eigenvalue weighted by atomic mass is 10.0. The molecule has 3 aromatic rings. The molecule has 0 radical (unpaired) electrons. The summed E-state index contributed by atoms with van der Waals surface area (Å²) in [6.07, 6.45) is 5.12. The number of hydrogen-bond donors (Lipinski definition) is 3. The topological polar surface area (TPSA) is 114 Å². The SMILES string of the molecule is COc1cc(C(=O)O)ccc1Cn1nc(O)c2ccc(NC(=O)CC3CCCC3)cc21. The summed E-state index contributed by atoms with van der Waals surface area (Å²) in [6.45, 7) is 0.263. The van der Waals surface area contributed by atoms with E-state index in [1.807, 2.05) is 0 Å². The van der Waals surface area contributed by atoms with Gasteiger partial charge in [-0.05, 0) is 49.1 Å². The second-order valence-corrected chi connectivity index (χ2v) is 7.95. The Hall–Kier alpha value is -3.55. The van der Waals surface area contributed by atoms with Crippen LogP contribution in [-0.4, -0.2) is 39.0 Å². The van der Waals surface area contributed by atoms with E-state index in [9.17, 15) is 19.8 Å². The molecule has 0 atom stereocenters. The number of benzene rings is 2. The zero-order chi connectivity index (χ0) is 22.0. The van der Waals surface area contributed by atoms with Crippen LogP contribution < -0.4 is 10.1 Å². The molecule has 4 rings (SSSR count). The van der Waals surface area contributed by atoms with Gasteiger partial charge < -0.3 is 20.3 Å². The number of aromatic carboxylic acids is 1. The molecule has 1 fully saturated rings. The van der Waals surface area contributed by atoms with Crippen LogP contribution in [0.2, 0.25) is 0 Å². The molecule has 1 aromatic heterocycles. The molecule has 0 bridgehead atoms. The fourth-order valence-corrected chi connectivity index (χ4v) is 4.21. The molecule has 31 heavy (non-hydrogen) atoms. The van der Waals surface area contributed by atoms with Crippen molar-refractivity contribution in [3.05, 3.63) is 47.5 Å². The number of carbonyl (C=O) groups is 2. The zero-order valence-corrected chi connectivity index (χ0v) is 17.3. The van der Waals surface area contributed by atoms with E-state index < -0.39 is 5.97 Å². The van der Waals surface area contributed by atoms with Gasteiger partial charge in [0.15, 0.2) is 0 Å².